The highest BCUT2D eigenvalue weighted by Crippen LogP contribution is 2.27. The second kappa shape index (κ2) is 14.5. The molecule has 0 bridgehead atoms. The first-order chi connectivity index (χ1) is 14.5. The number of carbonyl (C=O) groups is 1. The minimum absolute atomic E-state index is 0. The average molecular weight is 540 g/mol. The Hall–Kier alpha value is -2.49. The maximum absolute atomic E-state index is 11.1. The van der Waals surface area contributed by atoms with Crippen LogP contribution in [0.15, 0.2) is 47.5 Å². The number of halogens is 1. The number of amides is 1. The number of guanidine groups is 1. The van der Waals surface area contributed by atoms with E-state index in [2.05, 4.69) is 20.9 Å². The Morgan fingerprint density at radius 2 is 1.61 bits per heavy atom. The highest BCUT2D eigenvalue weighted by molar-refractivity contribution is 14.0. The summed E-state index contributed by atoms with van der Waals surface area (Å²) in [6.45, 7) is 5.78. The molecule has 0 aromatic heterocycles. The lowest BCUT2D eigenvalue weighted by molar-refractivity contribution is -0.114. The molecule has 2 aromatic rings. The number of nitrogens with zero attached hydrogens (tertiary/aromatic N) is 1. The Labute approximate surface area is 202 Å². The summed E-state index contributed by atoms with van der Waals surface area (Å²) in [5.41, 5.74) is 3.14. The van der Waals surface area contributed by atoms with E-state index in [-0.39, 0.29) is 29.9 Å². The van der Waals surface area contributed by atoms with Crippen molar-refractivity contribution in [3.63, 3.8) is 0 Å². The third-order valence-electron chi connectivity index (χ3n) is 4.44. The topological polar surface area (TPSA) is 84.0 Å². The quantitative estimate of drug-likeness (QED) is 0.244. The molecule has 3 N–H and O–H groups in total. The standard InChI is InChI=1S/C23H32N4O3.HI/c1-5-24-23(25-14-12-18-6-9-20(10-7-18)27-17(2)28)26-15-13-19-8-11-21(29-3)22(16-19)30-4;/h6-11,16H,5,12-15H2,1-4H3,(H,27,28)(H2,24,25,26);1H. The Morgan fingerprint density at radius 3 is 2.23 bits per heavy atom. The molecule has 0 radical (unpaired) electrons. The number of benzene rings is 2. The Kier molecular flexibility index (Phi) is 12.4. The number of ether oxygens (including phenoxy) is 2. The Bertz CT molecular complexity index is 841. The molecule has 2 aromatic carbocycles. The normalized spacial score (nSPS) is 10.6. The van der Waals surface area contributed by atoms with E-state index in [1.807, 2.05) is 49.4 Å². The summed E-state index contributed by atoms with van der Waals surface area (Å²) in [5, 5.41) is 9.42. The minimum Gasteiger partial charge on any atom is -0.493 e. The van der Waals surface area contributed by atoms with E-state index in [9.17, 15) is 4.79 Å². The van der Waals surface area contributed by atoms with Gasteiger partial charge in [-0.3, -0.25) is 9.79 Å². The smallest absolute Gasteiger partial charge is 0.221 e. The molecule has 170 valence electrons. The van der Waals surface area contributed by atoms with Crippen LogP contribution in [0, 0.1) is 0 Å². The summed E-state index contributed by atoms with van der Waals surface area (Å²) in [5.74, 6) is 2.20. The number of anilines is 1. The van der Waals surface area contributed by atoms with Crippen molar-refractivity contribution < 1.29 is 14.3 Å². The van der Waals surface area contributed by atoms with Crippen molar-refractivity contribution in [1.82, 2.24) is 10.6 Å². The van der Waals surface area contributed by atoms with Crippen LogP contribution in [0.25, 0.3) is 0 Å². The molecule has 7 nitrogen and oxygen atoms in total. The van der Waals surface area contributed by atoms with Gasteiger partial charge in [-0.1, -0.05) is 18.2 Å². The Morgan fingerprint density at radius 1 is 0.935 bits per heavy atom. The number of carbonyl (C=O) groups excluding carboxylic acids is 1. The average Bonchev–Trinajstić information content (AvgIpc) is 2.74. The molecule has 31 heavy (non-hydrogen) atoms. The maximum Gasteiger partial charge on any atom is 0.221 e. The number of rotatable bonds is 10. The molecule has 0 unspecified atom stereocenters. The number of nitrogens with one attached hydrogen (secondary N) is 3. The largest absolute Gasteiger partial charge is 0.493 e. The molecule has 0 saturated heterocycles. The van der Waals surface area contributed by atoms with Crippen molar-refractivity contribution in [3.8, 4) is 11.5 Å². The van der Waals surface area contributed by atoms with Crippen LogP contribution < -0.4 is 25.4 Å². The zero-order chi connectivity index (χ0) is 21.8. The lowest BCUT2D eigenvalue weighted by Gasteiger charge is -2.13. The van der Waals surface area contributed by atoms with E-state index in [1.165, 1.54) is 12.5 Å². The predicted molar refractivity (Wildman–Crippen MR) is 137 cm³/mol. The van der Waals surface area contributed by atoms with Gasteiger partial charge in [-0.2, -0.15) is 0 Å². The molecule has 0 atom stereocenters. The van der Waals surface area contributed by atoms with Crippen LogP contribution in [-0.4, -0.2) is 45.7 Å². The molecule has 0 aliphatic rings. The maximum atomic E-state index is 11.1. The molecule has 8 heteroatoms. The summed E-state index contributed by atoms with van der Waals surface area (Å²) in [6.07, 6.45) is 1.67. The summed E-state index contributed by atoms with van der Waals surface area (Å²) >= 11 is 0. The van der Waals surface area contributed by atoms with Gasteiger partial charge in [-0.15, -0.1) is 24.0 Å². The number of hydrogen-bond donors (Lipinski definition) is 3. The molecular formula is C23H33IN4O3. The third kappa shape index (κ3) is 9.46. The summed E-state index contributed by atoms with van der Waals surface area (Å²) in [6, 6.07) is 13.8. The molecule has 2 rings (SSSR count). The van der Waals surface area contributed by atoms with Crippen LogP contribution in [0.1, 0.15) is 25.0 Å². The zero-order valence-electron chi connectivity index (χ0n) is 18.7. The molecule has 0 aliphatic carbocycles. The van der Waals surface area contributed by atoms with Gasteiger partial charge in [0.2, 0.25) is 5.91 Å². The van der Waals surface area contributed by atoms with Crippen LogP contribution in [0.3, 0.4) is 0 Å². The van der Waals surface area contributed by atoms with Crippen LogP contribution in [0.4, 0.5) is 5.69 Å². The first-order valence-corrected chi connectivity index (χ1v) is 10.1. The highest BCUT2D eigenvalue weighted by Gasteiger charge is 2.05. The number of aliphatic imine (C=N–C) groups is 1. The summed E-state index contributed by atoms with van der Waals surface area (Å²) < 4.78 is 10.6. The van der Waals surface area contributed by atoms with Gasteiger partial charge >= 0.3 is 0 Å². The van der Waals surface area contributed by atoms with Gasteiger partial charge in [0.25, 0.3) is 0 Å². The van der Waals surface area contributed by atoms with Crippen molar-refractivity contribution in [1.29, 1.82) is 0 Å². The monoisotopic (exact) mass is 540 g/mol. The molecule has 0 saturated carbocycles. The SMILES string of the molecule is CCNC(=NCCc1ccc(NC(C)=O)cc1)NCCc1ccc(OC)c(OC)c1.I. The van der Waals surface area contributed by atoms with Gasteiger partial charge in [0.1, 0.15) is 0 Å². The van der Waals surface area contributed by atoms with Gasteiger partial charge in [-0.25, -0.2) is 0 Å². The van der Waals surface area contributed by atoms with E-state index in [0.717, 1.165) is 54.6 Å². The first kappa shape index (κ1) is 26.5. The van der Waals surface area contributed by atoms with Crippen molar-refractivity contribution >= 4 is 41.5 Å². The molecule has 0 fully saturated rings. The third-order valence-corrected chi connectivity index (χ3v) is 4.44. The van der Waals surface area contributed by atoms with Gasteiger partial charge in [0.15, 0.2) is 17.5 Å². The molecular weight excluding hydrogens is 507 g/mol. The lowest BCUT2D eigenvalue weighted by atomic mass is 10.1. The zero-order valence-corrected chi connectivity index (χ0v) is 21.0. The number of hydrogen-bond acceptors (Lipinski definition) is 4. The van der Waals surface area contributed by atoms with Gasteiger partial charge in [-0.05, 0) is 55.2 Å². The van der Waals surface area contributed by atoms with Crippen LogP contribution in [-0.2, 0) is 17.6 Å². The van der Waals surface area contributed by atoms with E-state index < -0.39 is 0 Å². The fourth-order valence-corrected chi connectivity index (χ4v) is 2.96. The first-order valence-electron chi connectivity index (χ1n) is 10.1. The fourth-order valence-electron chi connectivity index (χ4n) is 2.96. The molecule has 0 aliphatic heterocycles. The lowest BCUT2D eigenvalue weighted by Crippen LogP contribution is -2.38. The molecule has 1 amide bonds. The highest BCUT2D eigenvalue weighted by atomic mass is 127. The second-order valence-corrected chi connectivity index (χ2v) is 6.75. The summed E-state index contributed by atoms with van der Waals surface area (Å²) in [7, 11) is 3.28. The van der Waals surface area contributed by atoms with E-state index in [1.54, 1.807) is 14.2 Å². The Balaban J connectivity index is 0.00000480. The van der Waals surface area contributed by atoms with Crippen LogP contribution >= 0.6 is 24.0 Å². The van der Waals surface area contributed by atoms with Crippen molar-refractivity contribution in [2.75, 3.05) is 39.2 Å². The molecule has 0 spiro atoms. The van der Waals surface area contributed by atoms with Gasteiger partial charge < -0.3 is 25.4 Å². The van der Waals surface area contributed by atoms with Crippen molar-refractivity contribution in [2.24, 2.45) is 4.99 Å². The fraction of sp³-hybridized carbons (Fsp3) is 0.391. The van der Waals surface area contributed by atoms with Gasteiger partial charge in [0.05, 0.1) is 14.2 Å². The predicted octanol–water partition coefficient (Wildman–Crippen LogP) is 3.62. The summed E-state index contributed by atoms with van der Waals surface area (Å²) in [4.78, 5) is 15.7. The van der Waals surface area contributed by atoms with E-state index >= 15 is 0 Å². The van der Waals surface area contributed by atoms with E-state index in [4.69, 9.17) is 9.47 Å². The van der Waals surface area contributed by atoms with Crippen LogP contribution in [0.5, 0.6) is 11.5 Å². The minimum atomic E-state index is -0.0678. The van der Waals surface area contributed by atoms with Crippen LogP contribution in [0.2, 0.25) is 0 Å². The van der Waals surface area contributed by atoms with Crippen molar-refractivity contribution in [2.45, 2.75) is 26.7 Å². The van der Waals surface area contributed by atoms with Crippen molar-refractivity contribution in [3.05, 3.63) is 53.6 Å². The van der Waals surface area contributed by atoms with E-state index in [0.29, 0.717) is 6.54 Å². The van der Waals surface area contributed by atoms with Gasteiger partial charge in [0, 0.05) is 32.2 Å². The molecule has 0 heterocycles. The second-order valence-electron chi connectivity index (χ2n) is 6.75. The number of methoxy groups -OCH3 is 2.